The van der Waals surface area contributed by atoms with Gasteiger partial charge in [0.2, 0.25) is 0 Å². The van der Waals surface area contributed by atoms with Gasteiger partial charge in [0.15, 0.2) is 0 Å². The number of nitrogens with zero attached hydrogens (tertiary/aromatic N) is 2. The molecule has 1 heterocycles. The van der Waals surface area contributed by atoms with Gasteiger partial charge in [-0.25, -0.2) is 9.97 Å². The van der Waals surface area contributed by atoms with E-state index in [0.717, 1.165) is 28.3 Å². The lowest BCUT2D eigenvalue weighted by atomic mass is 10.0. The van der Waals surface area contributed by atoms with E-state index < -0.39 is 0 Å². The molecule has 4 aromatic rings. The van der Waals surface area contributed by atoms with E-state index in [9.17, 15) is 0 Å². The van der Waals surface area contributed by atoms with Crippen LogP contribution >= 0.6 is 0 Å². The fourth-order valence-corrected chi connectivity index (χ4v) is 3.16. The Hall–Kier alpha value is -3.26. The highest BCUT2D eigenvalue weighted by atomic mass is 14.9. The summed E-state index contributed by atoms with van der Waals surface area (Å²) in [5, 5.41) is 0. The number of hydrogen-bond donors (Lipinski definition) is 0. The van der Waals surface area contributed by atoms with Gasteiger partial charge >= 0.3 is 0 Å². The Balaban J connectivity index is 1.79. The highest BCUT2D eigenvalue weighted by molar-refractivity contribution is 5.73. The monoisotopic (exact) mass is 336 g/mol. The largest absolute Gasteiger partial charge is 0.233 e. The van der Waals surface area contributed by atoms with Crippen LogP contribution in [-0.2, 0) is 0 Å². The van der Waals surface area contributed by atoms with Crippen LogP contribution in [0.4, 0.5) is 0 Å². The fourth-order valence-electron chi connectivity index (χ4n) is 3.16. The standard InChI is InChI=1S/C24H20N2/c1-17-8-6-12-21(14-17)23-16-24(26-18(2)25-23)22-13-7-11-20(15-22)19-9-4-3-5-10-19/h3-16H,1-2H3. The minimum atomic E-state index is 0.782. The molecule has 4 rings (SSSR count). The topological polar surface area (TPSA) is 25.8 Å². The van der Waals surface area contributed by atoms with Gasteiger partial charge < -0.3 is 0 Å². The lowest BCUT2D eigenvalue weighted by molar-refractivity contribution is 1.06. The van der Waals surface area contributed by atoms with Gasteiger partial charge in [-0.1, -0.05) is 72.3 Å². The minimum Gasteiger partial charge on any atom is -0.233 e. The van der Waals surface area contributed by atoms with Crippen LogP contribution in [0.15, 0.2) is 84.9 Å². The van der Waals surface area contributed by atoms with E-state index in [0.29, 0.717) is 0 Å². The van der Waals surface area contributed by atoms with Crippen LogP contribution in [0.2, 0.25) is 0 Å². The van der Waals surface area contributed by atoms with Crippen LogP contribution in [0.5, 0.6) is 0 Å². The Kier molecular flexibility index (Phi) is 4.32. The zero-order valence-corrected chi connectivity index (χ0v) is 15.0. The third kappa shape index (κ3) is 3.40. The Labute approximate surface area is 154 Å². The molecule has 0 radical (unpaired) electrons. The summed E-state index contributed by atoms with van der Waals surface area (Å²) in [6.45, 7) is 4.05. The highest BCUT2D eigenvalue weighted by Gasteiger charge is 2.08. The van der Waals surface area contributed by atoms with E-state index in [4.69, 9.17) is 0 Å². The second-order valence-electron chi connectivity index (χ2n) is 6.50. The van der Waals surface area contributed by atoms with E-state index in [-0.39, 0.29) is 0 Å². The molecular weight excluding hydrogens is 316 g/mol. The van der Waals surface area contributed by atoms with Crippen molar-refractivity contribution in [1.82, 2.24) is 9.97 Å². The predicted octanol–water partition coefficient (Wildman–Crippen LogP) is 6.09. The molecule has 0 spiro atoms. The van der Waals surface area contributed by atoms with Crippen LogP contribution in [0.3, 0.4) is 0 Å². The molecule has 0 aliphatic rings. The quantitative estimate of drug-likeness (QED) is 0.452. The summed E-state index contributed by atoms with van der Waals surface area (Å²) in [6.07, 6.45) is 0. The van der Waals surface area contributed by atoms with Crippen LogP contribution in [0.25, 0.3) is 33.6 Å². The van der Waals surface area contributed by atoms with Gasteiger partial charge in [0.05, 0.1) is 11.4 Å². The summed E-state index contributed by atoms with van der Waals surface area (Å²) in [5.74, 6) is 0.782. The Bertz CT molecular complexity index is 1050. The number of benzene rings is 3. The van der Waals surface area contributed by atoms with Crippen molar-refractivity contribution in [1.29, 1.82) is 0 Å². The lowest BCUT2D eigenvalue weighted by Crippen LogP contribution is -1.95. The molecule has 2 nitrogen and oxygen atoms in total. The summed E-state index contributed by atoms with van der Waals surface area (Å²) in [4.78, 5) is 9.32. The first-order valence-electron chi connectivity index (χ1n) is 8.78. The molecule has 0 fully saturated rings. The smallest absolute Gasteiger partial charge is 0.126 e. The van der Waals surface area contributed by atoms with Crippen molar-refractivity contribution in [2.24, 2.45) is 0 Å². The minimum absolute atomic E-state index is 0.782. The Morgan fingerprint density at radius 3 is 1.77 bits per heavy atom. The SMILES string of the molecule is Cc1cccc(-c2cc(-c3cccc(-c4ccccc4)c3)nc(C)n2)c1. The highest BCUT2D eigenvalue weighted by Crippen LogP contribution is 2.28. The summed E-state index contributed by atoms with van der Waals surface area (Å²) in [5.41, 5.74) is 7.76. The molecule has 0 bridgehead atoms. The molecule has 0 aliphatic heterocycles. The van der Waals surface area contributed by atoms with Crippen molar-refractivity contribution in [3.8, 4) is 33.6 Å². The molecule has 0 saturated heterocycles. The molecule has 0 saturated carbocycles. The molecule has 0 unspecified atom stereocenters. The first kappa shape index (κ1) is 16.2. The maximum atomic E-state index is 4.68. The number of aromatic nitrogens is 2. The van der Waals surface area contributed by atoms with Gasteiger partial charge in [0.1, 0.15) is 5.82 Å². The van der Waals surface area contributed by atoms with E-state index in [1.165, 1.54) is 16.7 Å². The Morgan fingerprint density at radius 1 is 0.500 bits per heavy atom. The maximum absolute atomic E-state index is 4.68. The van der Waals surface area contributed by atoms with Crippen molar-refractivity contribution >= 4 is 0 Å². The van der Waals surface area contributed by atoms with Crippen LogP contribution in [0, 0.1) is 13.8 Å². The van der Waals surface area contributed by atoms with E-state index >= 15 is 0 Å². The van der Waals surface area contributed by atoms with Crippen LogP contribution in [0.1, 0.15) is 11.4 Å². The van der Waals surface area contributed by atoms with E-state index in [1.807, 2.05) is 13.0 Å². The zero-order valence-electron chi connectivity index (χ0n) is 15.0. The first-order valence-corrected chi connectivity index (χ1v) is 8.78. The van der Waals surface area contributed by atoms with Crippen molar-refractivity contribution < 1.29 is 0 Å². The number of rotatable bonds is 3. The molecule has 0 amide bonds. The first-order chi connectivity index (χ1) is 12.7. The van der Waals surface area contributed by atoms with Crippen molar-refractivity contribution in [2.45, 2.75) is 13.8 Å². The van der Waals surface area contributed by atoms with E-state index in [2.05, 4.69) is 95.8 Å². The van der Waals surface area contributed by atoms with Crippen molar-refractivity contribution in [3.05, 3.63) is 96.3 Å². The molecule has 126 valence electrons. The van der Waals surface area contributed by atoms with Gasteiger partial charge in [0.25, 0.3) is 0 Å². The maximum Gasteiger partial charge on any atom is 0.126 e. The zero-order chi connectivity index (χ0) is 17.9. The summed E-state index contributed by atoms with van der Waals surface area (Å²) >= 11 is 0. The Morgan fingerprint density at radius 2 is 1.08 bits per heavy atom. The second kappa shape index (κ2) is 6.93. The number of hydrogen-bond acceptors (Lipinski definition) is 2. The summed E-state index contributed by atoms with van der Waals surface area (Å²) < 4.78 is 0. The van der Waals surface area contributed by atoms with Crippen molar-refractivity contribution in [3.63, 3.8) is 0 Å². The predicted molar refractivity (Wildman–Crippen MR) is 108 cm³/mol. The molecule has 3 aromatic carbocycles. The van der Waals surface area contributed by atoms with Crippen molar-refractivity contribution in [2.75, 3.05) is 0 Å². The normalized spacial score (nSPS) is 10.7. The average Bonchev–Trinajstić information content (AvgIpc) is 2.68. The molecule has 2 heteroatoms. The molecule has 0 N–H and O–H groups in total. The molecule has 0 atom stereocenters. The number of aryl methyl sites for hydroxylation is 2. The van der Waals surface area contributed by atoms with Gasteiger partial charge in [0, 0.05) is 11.1 Å². The molecular formula is C24H20N2. The van der Waals surface area contributed by atoms with Gasteiger partial charge in [-0.05, 0) is 43.2 Å². The van der Waals surface area contributed by atoms with Crippen LogP contribution < -0.4 is 0 Å². The van der Waals surface area contributed by atoms with Crippen LogP contribution in [-0.4, -0.2) is 9.97 Å². The molecule has 0 aliphatic carbocycles. The van der Waals surface area contributed by atoms with Gasteiger partial charge in [-0.15, -0.1) is 0 Å². The third-order valence-electron chi connectivity index (χ3n) is 4.42. The average molecular weight is 336 g/mol. The fraction of sp³-hybridized carbons (Fsp3) is 0.0833. The summed E-state index contributed by atoms with van der Waals surface area (Å²) in [6, 6.07) is 29.4. The van der Waals surface area contributed by atoms with Gasteiger partial charge in [-0.2, -0.15) is 0 Å². The summed E-state index contributed by atoms with van der Waals surface area (Å²) in [7, 11) is 0. The second-order valence-corrected chi connectivity index (χ2v) is 6.50. The van der Waals surface area contributed by atoms with E-state index in [1.54, 1.807) is 0 Å². The lowest BCUT2D eigenvalue weighted by Gasteiger charge is -2.09. The molecule has 26 heavy (non-hydrogen) atoms. The molecule has 1 aromatic heterocycles. The third-order valence-corrected chi connectivity index (χ3v) is 4.42. The van der Waals surface area contributed by atoms with Gasteiger partial charge in [-0.3, -0.25) is 0 Å².